The first kappa shape index (κ1) is 20.3. The summed E-state index contributed by atoms with van der Waals surface area (Å²) in [7, 11) is -2.24. The number of halogens is 2. The highest BCUT2D eigenvalue weighted by atomic mass is 35.5. The van der Waals surface area contributed by atoms with Crippen molar-refractivity contribution in [1.29, 1.82) is 0 Å². The molecule has 0 fully saturated rings. The Bertz CT molecular complexity index is 888. The number of hydrogen-bond acceptors (Lipinski definition) is 4. The molecule has 1 amide bonds. The second-order valence-corrected chi connectivity index (χ2v) is 7.71. The predicted octanol–water partition coefficient (Wildman–Crippen LogP) is 3.04. The van der Waals surface area contributed by atoms with Crippen molar-refractivity contribution in [1.82, 2.24) is 4.72 Å². The van der Waals surface area contributed by atoms with E-state index in [1.54, 1.807) is 6.92 Å². The minimum absolute atomic E-state index is 0.0295. The van der Waals surface area contributed by atoms with E-state index < -0.39 is 27.8 Å². The zero-order valence-corrected chi connectivity index (χ0v) is 15.7. The zero-order valence-electron chi connectivity index (χ0n) is 14.1. The van der Waals surface area contributed by atoms with Gasteiger partial charge in [-0.3, -0.25) is 4.79 Å². The molecular formula is C17H18ClFN2O4S. The summed E-state index contributed by atoms with van der Waals surface area (Å²) in [5, 5.41) is 2.45. The molecule has 2 rings (SSSR count). The second-order valence-electron chi connectivity index (χ2n) is 5.59. The molecule has 1 atom stereocenters. The van der Waals surface area contributed by atoms with E-state index in [-0.39, 0.29) is 22.1 Å². The molecule has 0 bridgehead atoms. The first-order valence-corrected chi connectivity index (χ1v) is 9.47. The summed E-state index contributed by atoms with van der Waals surface area (Å²) >= 11 is 5.67. The van der Waals surface area contributed by atoms with Crippen molar-refractivity contribution < 1.29 is 22.3 Å². The third-order valence-corrected chi connectivity index (χ3v) is 5.27. The Labute approximate surface area is 156 Å². The molecule has 0 radical (unpaired) electrons. The minimum Gasteiger partial charge on any atom is -0.383 e. The second kappa shape index (κ2) is 8.59. The van der Waals surface area contributed by atoms with Gasteiger partial charge in [-0.2, -0.15) is 0 Å². The lowest BCUT2D eigenvalue weighted by Gasteiger charge is -2.13. The average Bonchev–Trinajstić information content (AvgIpc) is 2.58. The molecule has 0 aliphatic heterocycles. The van der Waals surface area contributed by atoms with E-state index in [4.69, 9.17) is 16.3 Å². The fourth-order valence-electron chi connectivity index (χ4n) is 2.18. The topological polar surface area (TPSA) is 84.5 Å². The Balaban J connectivity index is 2.10. The molecule has 0 unspecified atom stereocenters. The molecule has 6 nitrogen and oxygen atoms in total. The van der Waals surface area contributed by atoms with Crippen molar-refractivity contribution in [2.75, 3.05) is 19.0 Å². The highest BCUT2D eigenvalue weighted by molar-refractivity contribution is 7.89. The van der Waals surface area contributed by atoms with Crippen LogP contribution in [0.5, 0.6) is 0 Å². The van der Waals surface area contributed by atoms with E-state index in [0.29, 0.717) is 5.69 Å². The van der Waals surface area contributed by atoms with Crippen molar-refractivity contribution >= 4 is 33.2 Å². The Hall–Kier alpha value is -2.00. The summed E-state index contributed by atoms with van der Waals surface area (Å²) in [4.78, 5) is 12.2. The number of sulfonamides is 1. The molecule has 2 aromatic rings. The number of anilines is 1. The van der Waals surface area contributed by atoms with Gasteiger partial charge in [0, 0.05) is 24.4 Å². The van der Waals surface area contributed by atoms with Crippen LogP contribution < -0.4 is 10.0 Å². The van der Waals surface area contributed by atoms with Crippen LogP contribution in [0.3, 0.4) is 0 Å². The van der Waals surface area contributed by atoms with Gasteiger partial charge in [0.1, 0.15) is 5.82 Å². The monoisotopic (exact) mass is 400 g/mol. The molecule has 0 heterocycles. The smallest absolute Gasteiger partial charge is 0.255 e. The zero-order chi connectivity index (χ0) is 19.3. The van der Waals surface area contributed by atoms with Gasteiger partial charge >= 0.3 is 0 Å². The van der Waals surface area contributed by atoms with Gasteiger partial charge in [-0.15, -0.1) is 0 Å². The Morgan fingerprint density at radius 3 is 2.46 bits per heavy atom. The molecule has 0 spiro atoms. The predicted molar refractivity (Wildman–Crippen MR) is 97.5 cm³/mol. The summed E-state index contributed by atoms with van der Waals surface area (Å²) in [6.45, 7) is 1.91. The van der Waals surface area contributed by atoms with Gasteiger partial charge in [-0.05, 0) is 49.4 Å². The molecule has 0 saturated carbocycles. The fourth-order valence-corrected chi connectivity index (χ4v) is 3.59. The van der Waals surface area contributed by atoms with E-state index in [1.807, 2.05) is 0 Å². The van der Waals surface area contributed by atoms with Gasteiger partial charge in [0.05, 0.1) is 16.5 Å². The van der Waals surface area contributed by atoms with Gasteiger partial charge in [0.15, 0.2) is 0 Å². The lowest BCUT2D eigenvalue weighted by atomic mass is 10.2. The molecule has 140 valence electrons. The lowest BCUT2D eigenvalue weighted by Crippen LogP contribution is -2.35. The van der Waals surface area contributed by atoms with Gasteiger partial charge in [0.2, 0.25) is 10.0 Å². The molecule has 2 aromatic carbocycles. The summed E-state index contributed by atoms with van der Waals surface area (Å²) in [5.41, 5.74) is 0.572. The first-order valence-electron chi connectivity index (χ1n) is 7.60. The molecule has 2 N–H and O–H groups in total. The molecular weight excluding hydrogens is 383 g/mol. The maximum absolute atomic E-state index is 13.1. The Morgan fingerprint density at radius 2 is 1.88 bits per heavy atom. The maximum Gasteiger partial charge on any atom is 0.255 e. The number of rotatable bonds is 7. The molecule has 26 heavy (non-hydrogen) atoms. The van der Waals surface area contributed by atoms with Gasteiger partial charge in [0.25, 0.3) is 5.91 Å². The summed E-state index contributed by atoms with van der Waals surface area (Å²) in [6.07, 6.45) is 0. The van der Waals surface area contributed by atoms with Crippen molar-refractivity contribution in [2.24, 2.45) is 0 Å². The van der Waals surface area contributed by atoms with Crippen LogP contribution in [0.15, 0.2) is 47.4 Å². The summed E-state index contributed by atoms with van der Waals surface area (Å²) in [5.74, 6) is -1.06. The molecule has 0 aliphatic rings. The number of amides is 1. The summed E-state index contributed by atoms with van der Waals surface area (Å²) < 4.78 is 45.0. The van der Waals surface area contributed by atoms with Gasteiger partial charge in [-0.25, -0.2) is 17.5 Å². The van der Waals surface area contributed by atoms with E-state index in [1.165, 1.54) is 43.5 Å². The normalized spacial score (nSPS) is 12.6. The van der Waals surface area contributed by atoms with Crippen molar-refractivity contribution in [3.63, 3.8) is 0 Å². The van der Waals surface area contributed by atoms with Crippen molar-refractivity contribution in [2.45, 2.75) is 17.9 Å². The number of carbonyl (C=O) groups excluding carboxylic acids is 1. The number of nitrogens with one attached hydrogen (secondary N) is 2. The van der Waals surface area contributed by atoms with E-state index in [2.05, 4.69) is 10.0 Å². The van der Waals surface area contributed by atoms with Crippen LogP contribution in [0.2, 0.25) is 5.02 Å². The van der Waals surface area contributed by atoms with Crippen molar-refractivity contribution in [3.05, 3.63) is 58.9 Å². The Kier molecular flexibility index (Phi) is 6.71. The number of methoxy groups -OCH3 is 1. The van der Waals surface area contributed by atoms with Crippen LogP contribution in [-0.4, -0.2) is 34.1 Å². The maximum atomic E-state index is 13.1. The molecule has 0 aliphatic carbocycles. The highest BCUT2D eigenvalue weighted by Gasteiger charge is 2.18. The number of ether oxygens (including phenoxy) is 1. The molecule has 0 aromatic heterocycles. The quantitative estimate of drug-likeness (QED) is 0.748. The molecule has 0 saturated heterocycles. The van der Waals surface area contributed by atoms with Crippen molar-refractivity contribution in [3.8, 4) is 0 Å². The first-order chi connectivity index (χ1) is 12.2. The fraction of sp³-hybridized carbons (Fsp3) is 0.235. The SMILES string of the molecule is COC[C@@H](C)NS(=O)(=O)c1ccc(C(=O)Nc2ccc(F)c(Cl)c2)cc1. The van der Waals surface area contributed by atoms with E-state index in [9.17, 15) is 17.6 Å². The van der Waals surface area contributed by atoms with Crippen LogP contribution in [0, 0.1) is 5.82 Å². The minimum atomic E-state index is -3.71. The number of carbonyl (C=O) groups is 1. The Morgan fingerprint density at radius 1 is 1.23 bits per heavy atom. The average molecular weight is 401 g/mol. The molecule has 9 heteroatoms. The highest BCUT2D eigenvalue weighted by Crippen LogP contribution is 2.20. The van der Waals surface area contributed by atoms with Gasteiger partial charge in [-0.1, -0.05) is 11.6 Å². The lowest BCUT2D eigenvalue weighted by molar-refractivity contribution is 0.102. The van der Waals surface area contributed by atoms with E-state index >= 15 is 0 Å². The van der Waals surface area contributed by atoms with Crippen LogP contribution in [0.1, 0.15) is 17.3 Å². The number of benzene rings is 2. The van der Waals surface area contributed by atoms with E-state index in [0.717, 1.165) is 6.07 Å². The largest absolute Gasteiger partial charge is 0.383 e. The third kappa shape index (κ3) is 5.25. The summed E-state index contributed by atoms with van der Waals surface area (Å²) in [6, 6.07) is 8.83. The van der Waals surface area contributed by atoms with Crippen LogP contribution in [0.4, 0.5) is 10.1 Å². The standard InChI is InChI=1S/C17H18ClFN2O4S/c1-11(10-25-2)21-26(23,24)14-6-3-12(4-7-14)17(22)20-13-5-8-16(19)15(18)9-13/h3-9,11,21H,10H2,1-2H3,(H,20,22)/t11-/m1/s1. The van der Waals surface area contributed by atoms with Crippen LogP contribution >= 0.6 is 11.6 Å². The van der Waals surface area contributed by atoms with Crippen LogP contribution in [0.25, 0.3) is 0 Å². The third-order valence-electron chi connectivity index (χ3n) is 3.38. The number of hydrogen-bond donors (Lipinski definition) is 2. The van der Waals surface area contributed by atoms with Gasteiger partial charge < -0.3 is 10.1 Å². The van der Waals surface area contributed by atoms with Crippen LogP contribution in [-0.2, 0) is 14.8 Å².